The Bertz CT molecular complexity index is 345. The first-order valence-electron chi connectivity index (χ1n) is 6.12. The Hall–Kier alpha value is -1.09. The molecule has 0 spiro atoms. The summed E-state index contributed by atoms with van der Waals surface area (Å²) in [7, 11) is 0. The molecule has 0 aliphatic heterocycles. The third-order valence-corrected chi connectivity index (χ3v) is 2.69. The van der Waals surface area contributed by atoms with Crippen LogP contribution >= 0.6 is 0 Å². The Kier molecular flexibility index (Phi) is 6.88. The molecule has 1 amide bonds. The van der Waals surface area contributed by atoms with E-state index in [1.165, 1.54) is 5.32 Å². The zero-order valence-electron chi connectivity index (χ0n) is 11.0. The Labute approximate surface area is 115 Å². The lowest BCUT2D eigenvalue weighted by molar-refractivity contribution is -0.327. The Morgan fingerprint density at radius 1 is 1.00 bits per heavy atom. The normalized spacial score (nSPS) is 13.6. The second-order valence-corrected chi connectivity index (χ2v) is 4.39. The summed E-state index contributed by atoms with van der Waals surface area (Å²) in [6, 6.07) is 0. The molecule has 2 nitrogen and oxygen atoms in total. The quantitative estimate of drug-likeness (QED) is 0.505. The van der Waals surface area contributed by atoms with Crippen LogP contribution in [-0.4, -0.2) is 36.6 Å². The van der Waals surface area contributed by atoms with Gasteiger partial charge in [0, 0.05) is 6.54 Å². The summed E-state index contributed by atoms with van der Waals surface area (Å²) in [6.45, 7) is 1.39. The number of halogens is 8. The third kappa shape index (κ3) is 4.19. The zero-order valence-corrected chi connectivity index (χ0v) is 11.0. The molecule has 0 aromatic rings. The topological polar surface area (TPSA) is 29.1 Å². The van der Waals surface area contributed by atoms with Gasteiger partial charge < -0.3 is 5.32 Å². The molecule has 0 aromatic heterocycles. The minimum atomic E-state index is -6.50. The number of hydrogen-bond donors (Lipinski definition) is 1. The predicted octanol–water partition coefficient (Wildman–Crippen LogP) is 3.85. The van der Waals surface area contributed by atoms with Gasteiger partial charge in [-0.3, -0.25) is 4.79 Å². The van der Waals surface area contributed by atoms with E-state index in [-0.39, 0.29) is 6.42 Å². The van der Waals surface area contributed by atoms with Crippen molar-refractivity contribution in [3.63, 3.8) is 0 Å². The number of nitrogens with one attached hydrogen (secondary N) is 1. The van der Waals surface area contributed by atoms with E-state index in [9.17, 15) is 39.9 Å². The highest BCUT2D eigenvalue weighted by molar-refractivity contribution is 5.84. The van der Waals surface area contributed by atoms with Crippen molar-refractivity contribution in [1.29, 1.82) is 0 Å². The van der Waals surface area contributed by atoms with Crippen LogP contribution in [0.4, 0.5) is 35.1 Å². The molecular weight excluding hydrogens is 314 g/mol. The van der Waals surface area contributed by atoms with Crippen molar-refractivity contribution >= 4 is 5.91 Å². The van der Waals surface area contributed by atoms with Gasteiger partial charge in [0.1, 0.15) is 0 Å². The lowest BCUT2D eigenvalue weighted by atomic mass is 10.0. The molecule has 0 heterocycles. The van der Waals surface area contributed by atoms with Crippen molar-refractivity contribution in [1.82, 2.24) is 5.32 Å². The van der Waals surface area contributed by atoms with Gasteiger partial charge in [-0.15, -0.1) is 0 Å². The van der Waals surface area contributed by atoms with E-state index in [0.29, 0.717) is 12.8 Å². The van der Waals surface area contributed by atoms with E-state index in [1.807, 2.05) is 6.92 Å². The fraction of sp³-hybridized carbons (Fsp3) is 0.909. The van der Waals surface area contributed by atoms with Crippen molar-refractivity contribution in [3.8, 4) is 0 Å². The number of rotatable bonds is 9. The number of hydrogen-bond acceptors (Lipinski definition) is 1. The summed E-state index contributed by atoms with van der Waals surface area (Å²) in [4.78, 5) is 10.9. The molecule has 126 valence electrons. The first-order chi connectivity index (χ1) is 9.42. The van der Waals surface area contributed by atoms with Crippen molar-refractivity contribution in [3.05, 3.63) is 0 Å². The second kappa shape index (κ2) is 7.26. The van der Waals surface area contributed by atoms with Crippen LogP contribution in [0.25, 0.3) is 0 Å². The Morgan fingerprint density at radius 2 is 1.52 bits per heavy atom. The molecule has 0 saturated carbocycles. The van der Waals surface area contributed by atoms with Crippen molar-refractivity contribution < 1.29 is 39.9 Å². The lowest BCUT2D eigenvalue weighted by Gasteiger charge is -2.31. The molecule has 21 heavy (non-hydrogen) atoms. The van der Waals surface area contributed by atoms with E-state index in [0.717, 1.165) is 6.42 Å². The van der Waals surface area contributed by atoms with Gasteiger partial charge in [0.2, 0.25) is 0 Å². The van der Waals surface area contributed by atoms with E-state index >= 15 is 0 Å². The van der Waals surface area contributed by atoms with Crippen LogP contribution in [-0.2, 0) is 4.79 Å². The molecule has 0 rings (SSSR count). The maximum atomic E-state index is 13.1. The molecule has 0 aliphatic rings. The summed E-state index contributed by atoms with van der Waals surface area (Å²) < 4.78 is 100. The maximum absolute atomic E-state index is 13.1. The average Bonchev–Trinajstić information content (AvgIpc) is 2.37. The molecule has 0 aromatic carbocycles. The maximum Gasteiger partial charge on any atom is 0.392 e. The first-order valence-corrected chi connectivity index (χ1v) is 6.12. The summed E-state index contributed by atoms with van der Waals surface area (Å²) >= 11 is 0. The number of carbonyl (C=O) groups is 1. The largest absolute Gasteiger partial charge is 0.392 e. The predicted molar refractivity (Wildman–Crippen MR) is 58.0 cm³/mol. The number of carbonyl (C=O) groups excluding carboxylic acids is 1. The summed E-state index contributed by atoms with van der Waals surface area (Å²) in [5.41, 5.74) is 0. The Morgan fingerprint density at radius 3 is 1.95 bits per heavy atom. The van der Waals surface area contributed by atoms with Gasteiger partial charge in [-0.1, -0.05) is 26.2 Å². The van der Waals surface area contributed by atoms with Gasteiger partial charge in [0.15, 0.2) is 0 Å². The SMILES string of the molecule is CCCCCCNC(=O)C(F)(F)C(F)(F)C(F)(F)C(F)F. The van der Waals surface area contributed by atoms with E-state index < -0.39 is 36.6 Å². The van der Waals surface area contributed by atoms with E-state index in [4.69, 9.17) is 0 Å². The zero-order chi connectivity index (χ0) is 16.9. The van der Waals surface area contributed by atoms with Gasteiger partial charge >= 0.3 is 24.2 Å². The van der Waals surface area contributed by atoms with E-state index in [1.54, 1.807) is 0 Å². The minimum absolute atomic E-state index is 0.173. The summed E-state index contributed by atoms with van der Waals surface area (Å²) in [5, 5.41) is 1.35. The monoisotopic (exact) mass is 329 g/mol. The number of alkyl halides is 8. The van der Waals surface area contributed by atoms with Crippen molar-refractivity contribution in [2.75, 3.05) is 6.54 Å². The average molecular weight is 329 g/mol. The van der Waals surface area contributed by atoms with Gasteiger partial charge in [-0.25, -0.2) is 8.78 Å². The number of unbranched alkanes of at least 4 members (excludes halogenated alkanes) is 3. The molecule has 1 N–H and O–H groups in total. The summed E-state index contributed by atoms with van der Waals surface area (Å²) in [5.74, 6) is -21.5. The summed E-state index contributed by atoms with van der Waals surface area (Å²) in [6.07, 6.45) is -2.87. The van der Waals surface area contributed by atoms with E-state index in [2.05, 4.69) is 0 Å². The fourth-order valence-corrected chi connectivity index (χ4v) is 1.35. The molecule has 0 unspecified atom stereocenters. The fourth-order valence-electron chi connectivity index (χ4n) is 1.35. The molecular formula is C11H15F8NO. The molecule has 0 saturated heterocycles. The minimum Gasteiger partial charge on any atom is -0.351 e. The molecule has 0 radical (unpaired) electrons. The number of amides is 1. The van der Waals surface area contributed by atoms with Crippen LogP contribution in [0, 0.1) is 0 Å². The molecule has 0 aliphatic carbocycles. The van der Waals surface area contributed by atoms with Crippen LogP contribution in [0.5, 0.6) is 0 Å². The highest BCUT2D eigenvalue weighted by Crippen LogP contribution is 2.48. The van der Waals surface area contributed by atoms with Crippen LogP contribution in [0.2, 0.25) is 0 Å². The van der Waals surface area contributed by atoms with Crippen LogP contribution in [0.3, 0.4) is 0 Å². The third-order valence-electron chi connectivity index (χ3n) is 2.69. The standard InChI is InChI=1S/C11H15F8NO/c1-2-3-4-5-6-20-8(21)10(16,17)11(18,19)9(14,15)7(12)13/h7H,2-6H2,1H3,(H,20,21). The van der Waals surface area contributed by atoms with Gasteiger partial charge in [-0.05, 0) is 6.42 Å². The van der Waals surface area contributed by atoms with Crippen LogP contribution < -0.4 is 5.32 Å². The van der Waals surface area contributed by atoms with Gasteiger partial charge in [0.25, 0.3) is 5.91 Å². The first kappa shape index (κ1) is 19.9. The van der Waals surface area contributed by atoms with Crippen LogP contribution in [0.1, 0.15) is 32.6 Å². The lowest BCUT2D eigenvalue weighted by Crippen LogP contribution is -2.63. The Balaban J connectivity index is 4.82. The van der Waals surface area contributed by atoms with Crippen molar-refractivity contribution in [2.24, 2.45) is 0 Å². The highest BCUT2D eigenvalue weighted by Gasteiger charge is 2.78. The van der Waals surface area contributed by atoms with Crippen LogP contribution in [0.15, 0.2) is 0 Å². The molecule has 10 heteroatoms. The smallest absolute Gasteiger partial charge is 0.351 e. The molecule has 0 fully saturated rings. The second-order valence-electron chi connectivity index (χ2n) is 4.39. The van der Waals surface area contributed by atoms with Crippen molar-refractivity contribution in [2.45, 2.75) is 56.8 Å². The van der Waals surface area contributed by atoms with Gasteiger partial charge in [0.05, 0.1) is 0 Å². The molecule has 0 bridgehead atoms. The van der Waals surface area contributed by atoms with Gasteiger partial charge in [-0.2, -0.15) is 26.3 Å². The molecule has 0 atom stereocenters. The highest BCUT2D eigenvalue weighted by atomic mass is 19.4.